The van der Waals surface area contributed by atoms with E-state index < -0.39 is 0 Å². The van der Waals surface area contributed by atoms with E-state index >= 15 is 0 Å². The van der Waals surface area contributed by atoms with Gasteiger partial charge in [-0.05, 0) is 24.6 Å². The molecule has 1 aromatic heterocycles. The predicted molar refractivity (Wildman–Crippen MR) is 57.2 cm³/mol. The van der Waals surface area contributed by atoms with E-state index in [1.54, 1.807) is 0 Å². The topological polar surface area (TPSA) is 51.8 Å². The van der Waals surface area contributed by atoms with Crippen LogP contribution in [-0.2, 0) is 6.54 Å². The molecule has 14 heavy (non-hydrogen) atoms. The quantitative estimate of drug-likeness (QED) is 0.779. The molecule has 0 bridgehead atoms. The van der Waals surface area contributed by atoms with Crippen molar-refractivity contribution in [2.75, 3.05) is 0 Å². The van der Waals surface area contributed by atoms with E-state index in [1.165, 1.54) is 0 Å². The van der Waals surface area contributed by atoms with Crippen molar-refractivity contribution in [2.24, 2.45) is 5.73 Å². The monoisotopic (exact) mass is 207 g/mol. The second-order valence-corrected chi connectivity index (χ2v) is 3.52. The molecule has 4 heteroatoms. The number of nitrogens with two attached hydrogens (primary N) is 1. The number of aryl methyl sites for hydroxylation is 1. The molecule has 2 N–H and O–H groups in total. The number of rotatable bonds is 1. The zero-order valence-electron chi connectivity index (χ0n) is 7.79. The van der Waals surface area contributed by atoms with E-state index in [9.17, 15) is 0 Å². The summed E-state index contributed by atoms with van der Waals surface area (Å²) in [5.74, 6) is 0. The maximum absolute atomic E-state index is 5.90. The summed E-state index contributed by atoms with van der Waals surface area (Å²) in [6, 6.07) is 5.87. The van der Waals surface area contributed by atoms with Gasteiger partial charge in [0, 0.05) is 6.54 Å². The van der Waals surface area contributed by atoms with Crippen LogP contribution in [0.5, 0.6) is 0 Å². The van der Waals surface area contributed by atoms with Crippen LogP contribution in [0, 0.1) is 6.92 Å². The summed E-state index contributed by atoms with van der Waals surface area (Å²) in [5.41, 5.74) is 8.91. The molecule has 72 valence electrons. The molecule has 0 atom stereocenters. The van der Waals surface area contributed by atoms with Gasteiger partial charge in [0.25, 0.3) is 0 Å². The summed E-state index contributed by atoms with van der Waals surface area (Å²) >= 11 is 5.90. The van der Waals surface area contributed by atoms with Crippen LogP contribution in [0.25, 0.3) is 11.0 Å². The van der Waals surface area contributed by atoms with Gasteiger partial charge in [-0.25, -0.2) is 9.97 Å². The molecule has 0 saturated heterocycles. The molecule has 2 rings (SSSR count). The van der Waals surface area contributed by atoms with Crippen LogP contribution in [0.4, 0.5) is 0 Å². The van der Waals surface area contributed by atoms with Gasteiger partial charge >= 0.3 is 0 Å². The fourth-order valence-corrected chi connectivity index (χ4v) is 1.52. The Morgan fingerprint density at radius 1 is 1.29 bits per heavy atom. The van der Waals surface area contributed by atoms with Crippen LogP contribution >= 0.6 is 11.6 Å². The van der Waals surface area contributed by atoms with Crippen LogP contribution in [-0.4, -0.2) is 9.97 Å². The molecule has 0 aliphatic heterocycles. The zero-order valence-corrected chi connectivity index (χ0v) is 8.54. The zero-order chi connectivity index (χ0) is 10.1. The van der Waals surface area contributed by atoms with E-state index in [-0.39, 0.29) is 0 Å². The number of benzene rings is 1. The Morgan fingerprint density at radius 3 is 2.79 bits per heavy atom. The summed E-state index contributed by atoms with van der Waals surface area (Å²) in [4.78, 5) is 8.55. The molecule has 0 aliphatic carbocycles. The molecule has 0 saturated carbocycles. The first-order valence-corrected chi connectivity index (χ1v) is 4.71. The second kappa shape index (κ2) is 3.52. The summed E-state index contributed by atoms with van der Waals surface area (Å²) in [5, 5.41) is 0.394. The van der Waals surface area contributed by atoms with E-state index in [1.807, 2.05) is 25.1 Å². The molecular weight excluding hydrogens is 198 g/mol. The van der Waals surface area contributed by atoms with Gasteiger partial charge in [0.15, 0.2) is 5.15 Å². The predicted octanol–water partition coefficient (Wildman–Crippen LogP) is 2.05. The van der Waals surface area contributed by atoms with Crippen molar-refractivity contribution >= 4 is 22.6 Å². The highest BCUT2D eigenvalue weighted by Crippen LogP contribution is 2.17. The van der Waals surface area contributed by atoms with Gasteiger partial charge < -0.3 is 5.73 Å². The van der Waals surface area contributed by atoms with Crippen LogP contribution in [0.3, 0.4) is 0 Å². The Morgan fingerprint density at radius 2 is 2.07 bits per heavy atom. The Hall–Kier alpha value is -1.19. The third-order valence-electron chi connectivity index (χ3n) is 2.04. The van der Waals surface area contributed by atoms with Gasteiger partial charge in [-0.1, -0.05) is 17.7 Å². The van der Waals surface area contributed by atoms with Gasteiger partial charge in [0.1, 0.15) is 0 Å². The highest BCUT2D eigenvalue weighted by Gasteiger charge is 2.04. The van der Waals surface area contributed by atoms with Gasteiger partial charge in [0.05, 0.1) is 16.7 Å². The van der Waals surface area contributed by atoms with Crippen LogP contribution in [0.1, 0.15) is 11.3 Å². The SMILES string of the molecule is Cc1ccc2nc(CN)c(Cl)nc2c1. The molecule has 2 aromatic rings. The Bertz CT molecular complexity index is 482. The summed E-state index contributed by atoms with van der Waals surface area (Å²) in [6.45, 7) is 2.32. The van der Waals surface area contributed by atoms with Crippen LogP contribution in [0.15, 0.2) is 18.2 Å². The molecule has 0 spiro atoms. The number of hydrogen-bond acceptors (Lipinski definition) is 3. The van der Waals surface area contributed by atoms with Gasteiger partial charge in [-0.2, -0.15) is 0 Å². The minimum atomic E-state index is 0.315. The van der Waals surface area contributed by atoms with E-state index in [2.05, 4.69) is 9.97 Å². The number of halogens is 1. The van der Waals surface area contributed by atoms with Gasteiger partial charge in [-0.3, -0.25) is 0 Å². The van der Waals surface area contributed by atoms with Crippen molar-refractivity contribution < 1.29 is 0 Å². The first kappa shape index (κ1) is 9.37. The molecule has 0 unspecified atom stereocenters. The van der Waals surface area contributed by atoms with Crippen molar-refractivity contribution in [1.29, 1.82) is 0 Å². The second-order valence-electron chi connectivity index (χ2n) is 3.16. The number of hydrogen-bond donors (Lipinski definition) is 1. The molecule has 3 nitrogen and oxygen atoms in total. The van der Waals surface area contributed by atoms with E-state index in [4.69, 9.17) is 17.3 Å². The maximum Gasteiger partial charge on any atom is 0.152 e. The number of aromatic nitrogens is 2. The van der Waals surface area contributed by atoms with Crippen molar-refractivity contribution in [3.63, 3.8) is 0 Å². The average Bonchev–Trinajstić information content (AvgIpc) is 2.16. The van der Waals surface area contributed by atoms with Crippen molar-refractivity contribution in [3.8, 4) is 0 Å². The lowest BCUT2D eigenvalue weighted by Crippen LogP contribution is -2.02. The molecule has 0 amide bonds. The van der Waals surface area contributed by atoms with Gasteiger partial charge in [0.2, 0.25) is 0 Å². The molecule has 0 aliphatic rings. The fourth-order valence-electron chi connectivity index (χ4n) is 1.31. The lowest BCUT2D eigenvalue weighted by molar-refractivity contribution is 0.988. The first-order chi connectivity index (χ1) is 6.70. The number of nitrogens with zero attached hydrogens (tertiary/aromatic N) is 2. The third-order valence-corrected chi connectivity index (χ3v) is 2.34. The smallest absolute Gasteiger partial charge is 0.152 e. The summed E-state index contributed by atoms with van der Waals surface area (Å²) in [7, 11) is 0. The molecule has 1 heterocycles. The normalized spacial score (nSPS) is 10.8. The fraction of sp³-hybridized carbons (Fsp3) is 0.200. The Kier molecular flexibility index (Phi) is 2.35. The first-order valence-electron chi connectivity index (χ1n) is 4.33. The highest BCUT2D eigenvalue weighted by molar-refractivity contribution is 6.30. The Labute approximate surface area is 86.9 Å². The van der Waals surface area contributed by atoms with Crippen molar-refractivity contribution in [2.45, 2.75) is 13.5 Å². The summed E-state index contributed by atoms with van der Waals surface area (Å²) < 4.78 is 0. The van der Waals surface area contributed by atoms with Crippen LogP contribution < -0.4 is 5.73 Å². The maximum atomic E-state index is 5.90. The largest absolute Gasteiger partial charge is 0.325 e. The summed E-state index contributed by atoms with van der Waals surface area (Å²) in [6.07, 6.45) is 0. The minimum absolute atomic E-state index is 0.315. The number of fused-ring (bicyclic) bond motifs is 1. The van der Waals surface area contributed by atoms with E-state index in [0.717, 1.165) is 16.6 Å². The molecule has 1 aromatic carbocycles. The highest BCUT2D eigenvalue weighted by atomic mass is 35.5. The molecule has 0 fully saturated rings. The van der Waals surface area contributed by atoms with Crippen molar-refractivity contribution in [3.05, 3.63) is 34.6 Å². The molecular formula is C10H10ClN3. The standard InChI is InChI=1S/C10H10ClN3/c1-6-2-3-7-8(4-6)14-10(11)9(5-12)13-7/h2-4H,5,12H2,1H3. The lowest BCUT2D eigenvalue weighted by atomic mass is 10.2. The Balaban J connectivity index is 2.73. The third kappa shape index (κ3) is 1.56. The average molecular weight is 208 g/mol. The molecule has 0 radical (unpaired) electrons. The van der Waals surface area contributed by atoms with Crippen molar-refractivity contribution in [1.82, 2.24) is 9.97 Å². The van der Waals surface area contributed by atoms with Gasteiger partial charge in [-0.15, -0.1) is 0 Å². The van der Waals surface area contributed by atoms with Crippen LogP contribution in [0.2, 0.25) is 5.15 Å². The lowest BCUT2D eigenvalue weighted by Gasteiger charge is -2.03. The van der Waals surface area contributed by atoms with E-state index in [0.29, 0.717) is 17.4 Å². The minimum Gasteiger partial charge on any atom is -0.325 e.